The molecule has 0 atom stereocenters. The molecule has 1 aromatic heterocycles. The van der Waals surface area contributed by atoms with Crippen LogP contribution >= 0.6 is 0 Å². The van der Waals surface area contributed by atoms with Crippen molar-refractivity contribution in [2.45, 2.75) is 25.9 Å². The van der Waals surface area contributed by atoms with Gasteiger partial charge in [-0.15, -0.1) is 0 Å². The molecule has 1 saturated heterocycles. The fourth-order valence-corrected chi connectivity index (χ4v) is 3.18. The minimum Gasteiger partial charge on any atom is -0.346 e. The molecule has 106 valence electrons. The van der Waals surface area contributed by atoms with Crippen molar-refractivity contribution in [3.05, 3.63) is 23.5 Å². The summed E-state index contributed by atoms with van der Waals surface area (Å²) in [5.74, 6) is 0. The molecule has 3 rings (SSSR count). The van der Waals surface area contributed by atoms with E-state index in [4.69, 9.17) is 0 Å². The van der Waals surface area contributed by atoms with E-state index in [2.05, 4.69) is 38.9 Å². The van der Waals surface area contributed by atoms with Gasteiger partial charge in [-0.1, -0.05) is 0 Å². The van der Waals surface area contributed by atoms with E-state index < -0.39 is 0 Å². The van der Waals surface area contributed by atoms with Gasteiger partial charge in [0.05, 0.1) is 0 Å². The van der Waals surface area contributed by atoms with Crippen molar-refractivity contribution in [2.75, 3.05) is 46.3 Å². The summed E-state index contributed by atoms with van der Waals surface area (Å²) >= 11 is 0. The monoisotopic (exact) mass is 262 g/mol. The van der Waals surface area contributed by atoms with Crippen LogP contribution in [0.4, 0.5) is 0 Å². The summed E-state index contributed by atoms with van der Waals surface area (Å²) in [5.41, 5.74) is 2.99. The number of rotatable bonds is 4. The highest BCUT2D eigenvalue weighted by Crippen LogP contribution is 2.14. The number of aryl methyl sites for hydroxylation is 1. The Hall–Kier alpha value is -0.840. The van der Waals surface area contributed by atoms with E-state index in [0.29, 0.717) is 0 Å². The van der Waals surface area contributed by atoms with Gasteiger partial charge in [0.25, 0.3) is 0 Å². The second kappa shape index (κ2) is 6.07. The van der Waals surface area contributed by atoms with E-state index in [-0.39, 0.29) is 0 Å². The molecule has 0 unspecified atom stereocenters. The predicted octanol–water partition coefficient (Wildman–Crippen LogP) is 0.771. The maximum absolute atomic E-state index is 3.43. The second-order valence-electron chi connectivity index (χ2n) is 5.89. The molecule has 0 spiro atoms. The van der Waals surface area contributed by atoms with E-state index >= 15 is 0 Å². The number of fused-ring (bicyclic) bond motifs is 1. The normalized spacial score (nSPS) is 21.5. The van der Waals surface area contributed by atoms with Gasteiger partial charge in [0.1, 0.15) is 0 Å². The summed E-state index contributed by atoms with van der Waals surface area (Å²) in [6.07, 6.45) is 2.52. The molecule has 1 fully saturated rings. The summed E-state index contributed by atoms with van der Waals surface area (Å²) in [4.78, 5) is 5.04. The number of hydrogen-bond donors (Lipinski definition) is 1. The molecule has 0 aliphatic carbocycles. The van der Waals surface area contributed by atoms with Gasteiger partial charge in [-0.2, -0.15) is 0 Å². The molecule has 2 aliphatic rings. The van der Waals surface area contributed by atoms with Crippen molar-refractivity contribution in [3.8, 4) is 0 Å². The molecule has 4 heteroatoms. The molecule has 0 radical (unpaired) electrons. The Morgan fingerprint density at radius 1 is 1.11 bits per heavy atom. The largest absolute Gasteiger partial charge is 0.346 e. The van der Waals surface area contributed by atoms with Gasteiger partial charge in [0.2, 0.25) is 0 Å². The SMILES string of the molecule is CN1CCN(CCCc2ccc3n2CCNC3)CC1. The van der Waals surface area contributed by atoms with Crippen LogP contribution in [-0.2, 0) is 19.5 Å². The molecule has 19 heavy (non-hydrogen) atoms. The lowest BCUT2D eigenvalue weighted by Crippen LogP contribution is -2.44. The minimum atomic E-state index is 1.04. The lowest BCUT2D eigenvalue weighted by molar-refractivity contribution is 0.153. The van der Waals surface area contributed by atoms with Crippen LogP contribution in [0.25, 0.3) is 0 Å². The molecule has 2 aliphatic heterocycles. The number of piperazine rings is 1. The first-order valence-electron chi connectivity index (χ1n) is 7.62. The molecule has 4 nitrogen and oxygen atoms in total. The first-order chi connectivity index (χ1) is 9.33. The number of likely N-dealkylation sites (N-methyl/N-ethyl adjacent to an activating group) is 1. The van der Waals surface area contributed by atoms with Crippen LogP contribution < -0.4 is 5.32 Å². The van der Waals surface area contributed by atoms with Crippen molar-refractivity contribution in [2.24, 2.45) is 0 Å². The van der Waals surface area contributed by atoms with Crippen molar-refractivity contribution < 1.29 is 0 Å². The lowest BCUT2D eigenvalue weighted by atomic mass is 10.2. The summed E-state index contributed by atoms with van der Waals surface area (Å²) in [6.45, 7) is 9.50. The third-order valence-corrected chi connectivity index (χ3v) is 4.48. The zero-order valence-corrected chi connectivity index (χ0v) is 12.1. The van der Waals surface area contributed by atoms with Crippen molar-refractivity contribution in [3.63, 3.8) is 0 Å². The second-order valence-corrected chi connectivity index (χ2v) is 5.89. The van der Waals surface area contributed by atoms with Gasteiger partial charge in [-0.3, -0.25) is 0 Å². The maximum Gasteiger partial charge on any atom is 0.0360 e. The van der Waals surface area contributed by atoms with E-state index in [9.17, 15) is 0 Å². The molecular formula is C15H26N4. The Balaban J connectivity index is 1.46. The van der Waals surface area contributed by atoms with Crippen LogP contribution in [0.5, 0.6) is 0 Å². The molecule has 0 amide bonds. The van der Waals surface area contributed by atoms with Crippen molar-refractivity contribution in [1.29, 1.82) is 0 Å². The molecule has 0 aromatic carbocycles. The Labute approximate surface area is 116 Å². The molecular weight excluding hydrogens is 236 g/mol. The van der Waals surface area contributed by atoms with Gasteiger partial charge in [0, 0.05) is 57.2 Å². The van der Waals surface area contributed by atoms with Gasteiger partial charge in [-0.05, 0) is 38.6 Å². The summed E-state index contributed by atoms with van der Waals surface area (Å²) < 4.78 is 2.51. The van der Waals surface area contributed by atoms with Gasteiger partial charge >= 0.3 is 0 Å². The Morgan fingerprint density at radius 2 is 1.95 bits per heavy atom. The third kappa shape index (κ3) is 3.19. The predicted molar refractivity (Wildman–Crippen MR) is 78.4 cm³/mol. The third-order valence-electron chi connectivity index (χ3n) is 4.48. The van der Waals surface area contributed by atoms with Crippen LogP contribution in [0.1, 0.15) is 17.8 Å². The number of nitrogens with one attached hydrogen (secondary N) is 1. The first kappa shape index (κ1) is 13.2. The first-order valence-corrected chi connectivity index (χ1v) is 7.62. The fraction of sp³-hybridized carbons (Fsp3) is 0.733. The Morgan fingerprint density at radius 3 is 2.79 bits per heavy atom. The number of nitrogens with zero attached hydrogens (tertiary/aromatic N) is 3. The highest BCUT2D eigenvalue weighted by molar-refractivity contribution is 5.18. The van der Waals surface area contributed by atoms with Crippen LogP contribution in [0, 0.1) is 0 Å². The number of aromatic nitrogens is 1. The van der Waals surface area contributed by atoms with Crippen LogP contribution in [0.3, 0.4) is 0 Å². The fourth-order valence-electron chi connectivity index (χ4n) is 3.18. The summed E-state index contributed by atoms with van der Waals surface area (Å²) in [5, 5.41) is 3.43. The summed E-state index contributed by atoms with van der Waals surface area (Å²) in [7, 11) is 2.22. The lowest BCUT2D eigenvalue weighted by Gasteiger charge is -2.32. The van der Waals surface area contributed by atoms with E-state index in [1.165, 1.54) is 57.0 Å². The molecule has 0 bridgehead atoms. The van der Waals surface area contributed by atoms with Crippen molar-refractivity contribution in [1.82, 2.24) is 19.7 Å². The van der Waals surface area contributed by atoms with E-state index in [0.717, 1.165) is 19.6 Å². The van der Waals surface area contributed by atoms with Gasteiger partial charge in [0.15, 0.2) is 0 Å². The molecule has 0 saturated carbocycles. The average Bonchev–Trinajstić information content (AvgIpc) is 2.85. The van der Waals surface area contributed by atoms with Crippen molar-refractivity contribution >= 4 is 0 Å². The average molecular weight is 262 g/mol. The van der Waals surface area contributed by atoms with Crippen LogP contribution in [0.2, 0.25) is 0 Å². The standard InChI is InChI=1S/C15H26N4/c1-17-9-11-18(12-10-17)7-2-3-14-4-5-15-13-16-6-8-19(14)15/h4-5,16H,2-3,6-13H2,1H3. The van der Waals surface area contributed by atoms with Crippen LogP contribution in [-0.4, -0.2) is 60.7 Å². The minimum absolute atomic E-state index is 1.04. The van der Waals surface area contributed by atoms with Crippen LogP contribution in [0.15, 0.2) is 12.1 Å². The van der Waals surface area contributed by atoms with E-state index in [1.54, 1.807) is 0 Å². The number of hydrogen-bond acceptors (Lipinski definition) is 3. The smallest absolute Gasteiger partial charge is 0.0360 e. The molecule has 1 aromatic rings. The maximum atomic E-state index is 3.43. The summed E-state index contributed by atoms with van der Waals surface area (Å²) in [6, 6.07) is 4.61. The molecule has 1 N–H and O–H groups in total. The highest BCUT2D eigenvalue weighted by Gasteiger charge is 2.14. The molecule has 3 heterocycles. The quantitative estimate of drug-likeness (QED) is 0.867. The topological polar surface area (TPSA) is 23.4 Å². The Kier molecular flexibility index (Phi) is 4.21. The van der Waals surface area contributed by atoms with Gasteiger partial charge in [-0.25, -0.2) is 0 Å². The Bertz CT molecular complexity index is 404. The zero-order valence-electron chi connectivity index (χ0n) is 12.1. The highest BCUT2D eigenvalue weighted by atomic mass is 15.2. The van der Waals surface area contributed by atoms with Gasteiger partial charge < -0.3 is 19.7 Å². The zero-order chi connectivity index (χ0) is 13.1. The van der Waals surface area contributed by atoms with E-state index in [1.807, 2.05) is 0 Å².